The van der Waals surface area contributed by atoms with Crippen molar-refractivity contribution in [3.8, 4) is 5.75 Å². The first-order valence-electron chi connectivity index (χ1n) is 8.52. The fraction of sp³-hybridized carbons (Fsp3) is 0.500. The molecule has 1 N–H and O–H groups in total. The van der Waals surface area contributed by atoms with Crippen LogP contribution in [0.3, 0.4) is 0 Å². The number of carbonyl (C=O) groups excluding carboxylic acids is 2. The highest BCUT2D eigenvalue weighted by atomic mass is 35.5. The van der Waals surface area contributed by atoms with Crippen LogP contribution in [0.2, 0.25) is 15.1 Å². The molecule has 0 fully saturated rings. The second-order valence-electron chi connectivity index (χ2n) is 5.92. The van der Waals surface area contributed by atoms with Gasteiger partial charge in [0.2, 0.25) is 0 Å². The molecule has 0 saturated heterocycles. The summed E-state index contributed by atoms with van der Waals surface area (Å²) < 4.78 is 9.93. The molecule has 0 aromatic heterocycles. The van der Waals surface area contributed by atoms with Crippen molar-refractivity contribution in [1.82, 2.24) is 0 Å². The monoisotopic (exact) mass is 438 g/mol. The van der Waals surface area contributed by atoms with Gasteiger partial charge in [-0.1, -0.05) is 74.3 Å². The van der Waals surface area contributed by atoms with Crippen molar-refractivity contribution in [3.05, 3.63) is 26.7 Å². The lowest BCUT2D eigenvalue weighted by atomic mass is 9.95. The van der Waals surface area contributed by atoms with Gasteiger partial charge in [0, 0.05) is 0 Å². The van der Waals surface area contributed by atoms with Gasteiger partial charge in [-0.3, -0.25) is 0 Å². The SMILES string of the molecule is CCCC(CCC)CCOC(=O)c1c(Cl)c(Cl)cc(Cl)c1OC(=O)C(=O)O. The molecule has 1 aromatic rings. The number of hydrogen-bond acceptors (Lipinski definition) is 5. The zero-order valence-electron chi connectivity index (χ0n) is 15.0. The van der Waals surface area contributed by atoms with Crippen LogP contribution < -0.4 is 4.74 Å². The summed E-state index contributed by atoms with van der Waals surface area (Å²) in [6.07, 6.45) is 4.78. The van der Waals surface area contributed by atoms with Crippen LogP contribution in [0.15, 0.2) is 6.07 Å². The van der Waals surface area contributed by atoms with Crippen LogP contribution in [0.1, 0.15) is 56.3 Å². The summed E-state index contributed by atoms with van der Waals surface area (Å²) in [5.74, 6) is -4.43. The van der Waals surface area contributed by atoms with Gasteiger partial charge >= 0.3 is 17.9 Å². The Morgan fingerprint density at radius 2 is 1.63 bits per heavy atom. The number of carboxylic acid groups (broad SMARTS) is 1. The highest BCUT2D eigenvalue weighted by molar-refractivity contribution is 6.46. The molecule has 0 spiro atoms. The second kappa shape index (κ2) is 11.4. The first kappa shape index (κ1) is 23.5. The van der Waals surface area contributed by atoms with E-state index in [1.54, 1.807) is 0 Å². The Bertz CT molecular complexity index is 699. The van der Waals surface area contributed by atoms with E-state index in [-0.39, 0.29) is 27.2 Å². The molecule has 0 radical (unpaired) electrons. The Morgan fingerprint density at radius 1 is 1.04 bits per heavy atom. The first-order chi connectivity index (χ1) is 12.7. The van der Waals surface area contributed by atoms with Gasteiger partial charge in [0.15, 0.2) is 5.75 Å². The summed E-state index contributed by atoms with van der Waals surface area (Å²) >= 11 is 17.9. The smallest absolute Gasteiger partial charge is 0.422 e. The summed E-state index contributed by atoms with van der Waals surface area (Å²) in [5.41, 5.74) is -0.383. The quantitative estimate of drug-likeness (QED) is 0.240. The van der Waals surface area contributed by atoms with Crippen LogP contribution in [0, 0.1) is 5.92 Å². The average molecular weight is 440 g/mol. The topological polar surface area (TPSA) is 89.9 Å². The number of ether oxygens (including phenoxy) is 2. The third kappa shape index (κ3) is 6.87. The van der Waals surface area contributed by atoms with Gasteiger partial charge in [0.05, 0.1) is 21.7 Å². The van der Waals surface area contributed by atoms with E-state index in [4.69, 9.17) is 44.6 Å². The molecule has 27 heavy (non-hydrogen) atoms. The molecule has 0 unspecified atom stereocenters. The fourth-order valence-corrected chi connectivity index (χ4v) is 3.36. The van der Waals surface area contributed by atoms with Gasteiger partial charge in [-0.25, -0.2) is 14.4 Å². The number of benzene rings is 1. The summed E-state index contributed by atoms with van der Waals surface area (Å²) in [6, 6.07) is 1.14. The molecular weight excluding hydrogens is 419 g/mol. The highest BCUT2D eigenvalue weighted by Gasteiger charge is 2.28. The predicted octanol–water partition coefficient (Wildman–Crippen LogP) is 5.40. The minimum absolute atomic E-state index is 0.0569. The van der Waals surface area contributed by atoms with Crippen molar-refractivity contribution >= 4 is 52.7 Å². The van der Waals surface area contributed by atoms with Crippen LogP contribution in [0.4, 0.5) is 0 Å². The van der Waals surface area contributed by atoms with Crippen LogP contribution in [-0.4, -0.2) is 29.6 Å². The van der Waals surface area contributed by atoms with E-state index in [9.17, 15) is 14.4 Å². The van der Waals surface area contributed by atoms with E-state index in [1.807, 2.05) is 0 Å². The molecule has 0 aliphatic rings. The van der Waals surface area contributed by atoms with Crippen molar-refractivity contribution in [2.45, 2.75) is 46.0 Å². The number of rotatable bonds is 9. The predicted molar refractivity (Wildman–Crippen MR) is 103 cm³/mol. The van der Waals surface area contributed by atoms with Crippen molar-refractivity contribution in [3.63, 3.8) is 0 Å². The van der Waals surface area contributed by atoms with Crippen molar-refractivity contribution < 1.29 is 29.0 Å². The van der Waals surface area contributed by atoms with Gasteiger partial charge in [0.1, 0.15) is 5.56 Å². The zero-order chi connectivity index (χ0) is 20.6. The maximum Gasteiger partial charge on any atom is 0.422 e. The van der Waals surface area contributed by atoms with E-state index in [0.717, 1.165) is 31.7 Å². The lowest BCUT2D eigenvalue weighted by molar-refractivity contribution is -0.158. The molecule has 150 valence electrons. The molecule has 0 atom stereocenters. The largest absolute Gasteiger partial charge is 0.473 e. The van der Waals surface area contributed by atoms with E-state index in [1.165, 1.54) is 0 Å². The summed E-state index contributed by atoms with van der Waals surface area (Å²) in [5, 5.41) is 8.17. The summed E-state index contributed by atoms with van der Waals surface area (Å²) in [4.78, 5) is 34.6. The maximum atomic E-state index is 12.5. The molecule has 0 aliphatic carbocycles. The van der Waals surface area contributed by atoms with Gasteiger partial charge in [-0.2, -0.15) is 0 Å². The lowest BCUT2D eigenvalue weighted by Crippen LogP contribution is -2.21. The minimum Gasteiger partial charge on any atom is -0.473 e. The Balaban J connectivity index is 3.00. The van der Waals surface area contributed by atoms with Gasteiger partial charge in [-0.15, -0.1) is 0 Å². The maximum absolute atomic E-state index is 12.5. The number of halogens is 3. The van der Waals surface area contributed by atoms with Crippen LogP contribution >= 0.6 is 34.8 Å². The molecule has 0 bridgehead atoms. The fourth-order valence-electron chi connectivity index (χ4n) is 2.64. The molecule has 1 aromatic carbocycles. The molecule has 0 saturated carbocycles. The molecule has 6 nitrogen and oxygen atoms in total. The highest BCUT2D eigenvalue weighted by Crippen LogP contribution is 2.40. The number of aliphatic carboxylic acids is 1. The number of carboxylic acids is 1. The van der Waals surface area contributed by atoms with Crippen molar-refractivity contribution in [2.24, 2.45) is 5.92 Å². The summed E-state index contributed by atoms with van der Waals surface area (Å²) in [7, 11) is 0. The minimum atomic E-state index is -1.85. The first-order valence-corrected chi connectivity index (χ1v) is 9.65. The van der Waals surface area contributed by atoms with E-state index < -0.39 is 23.7 Å². The Kier molecular flexibility index (Phi) is 9.91. The molecule has 0 heterocycles. The lowest BCUT2D eigenvalue weighted by Gasteiger charge is -2.16. The van der Waals surface area contributed by atoms with Crippen LogP contribution in [-0.2, 0) is 14.3 Å². The number of hydrogen-bond donors (Lipinski definition) is 1. The van der Waals surface area contributed by atoms with E-state index in [2.05, 4.69) is 18.6 Å². The molecular formula is C18H21Cl3O6. The van der Waals surface area contributed by atoms with Gasteiger partial charge in [-0.05, 0) is 18.4 Å². The standard InChI is InChI=1S/C18H21Cl3O6/c1-3-5-10(6-4-2)7-8-26-17(24)13-14(21)11(19)9-12(20)15(13)27-18(25)16(22)23/h9-10H,3-8H2,1-2H3,(H,22,23). The van der Waals surface area contributed by atoms with Gasteiger partial charge < -0.3 is 14.6 Å². The second-order valence-corrected chi connectivity index (χ2v) is 7.11. The van der Waals surface area contributed by atoms with E-state index in [0.29, 0.717) is 12.3 Å². The Hall–Kier alpha value is -1.50. The normalized spacial score (nSPS) is 10.7. The molecule has 1 rings (SSSR count). The molecule has 0 amide bonds. The van der Waals surface area contributed by atoms with Gasteiger partial charge in [0.25, 0.3) is 0 Å². The third-order valence-electron chi connectivity index (χ3n) is 3.85. The van der Waals surface area contributed by atoms with Crippen molar-refractivity contribution in [2.75, 3.05) is 6.61 Å². The number of carbonyl (C=O) groups is 3. The van der Waals surface area contributed by atoms with Crippen LogP contribution in [0.5, 0.6) is 5.75 Å². The third-order valence-corrected chi connectivity index (χ3v) is 4.92. The average Bonchev–Trinajstić information content (AvgIpc) is 2.59. The Morgan fingerprint density at radius 3 is 2.15 bits per heavy atom. The number of esters is 2. The van der Waals surface area contributed by atoms with Crippen LogP contribution in [0.25, 0.3) is 0 Å². The zero-order valence-corrected chi connectivity index (χ0v) is 17.3. The van der Waals surface area contributed by atoms with Crippen molar-refractivity contribution in [1.29, 1.82) is 0 Å². The summed E-state index contributed by atoms with van der Waals surface area (Å²) in [6.45, 7) is 4.31. The van der Waals surface area contributed by atoms with E-state index >= 15 is 0 Å². The molecule has 0 aliphatic heterocycles. The Labute approximate surface area is 172 Å². The molecule has 9 heteroatoms.